The molecule has 0 radical (unpaired) electrons. The van der Waals surface area contributed by atoms with Gasteiger partial charge in [0.1, 0.15) is 5.75 Å². The highest BCUT2D eigenvalue weighted by atomic mass is 35.5. The van der Waals surface area contributed by atoms with Gasteiger partial charge in [-0.05, 0) is 18.6 Å². The molecule has 26 heavy (non-hydrogen) atoms. The SMILES string of the molecule is CN=C(NCCCNS(C)(=O)=O)NCc1cc(Cl)cc(Cl)c1OC(F)F. The van der Waals surface area contributed by atoms with Crippen LogP contribution in [0.3, 0.4) is 0 Å². The third-order valence-corrected chi connectivity index (χ3v) is 4.20. The number of guanidine groups is 1. The van der Waals surface area contributed by atoms with Crippen molar-refractivity contribution in [2.24, 2.45) is 4.99 Å². The topological polar surface area (TPSA) is 91.8 Å². The zero-order chi connectivity index (χ0) is 19.7. The van der Waals surface area contributed by atoms with Crippen molar-refractivity contribution < 1.29 is 21.9 Å². The van der Waals surface area contributed by atoms with Gasteiger partial charge in [0.05, 0.1) is 11.3 Å². The highest BCUT2D eigenvalue weighted by molar-refractivity contribution is 7.88. The summed E-state index contributed by atoms with van der Waals surface area (Å²) in [6, 6.07) is 2.77. The van der Waals surface area contributed by atoms with E-state index in [0.29, 0.717) is 24.5 Å². The number of nitrogens with zero attached hydrogens (tertiary/aromatic N) is 1. The molecule has 1 aromatic rings. The molecule has 7 nitrogen and oxygen atoms in total. The van der Waals surface area contributed by atoms with Crippen LogP contribution in [-0.2, 0) is 16.6 Å². The molecule has 0 saturated carbocycles. The van der Waals surface area contributed by atoms with Crippen LogP contribution in [0.1, 0.15) is 12.0 Å². The van der Waals surface area contributed by atoms with Crippen LogP contribution in [-0.4, -0.2) is 47.4 Å². The summed E-state index contributed by atoms with van der Waals surface area (Å²) in [5.41, 5.74) is 0.337. The molecule has 3 N–H and O–H groups in total. The number of nitrogens with one attached hydrogen (secondary N) is 3. The number of benzene rings is 1. The van der Waals surface area contributed by atoms with Gasteiger partial charge >= 0.3 is 6.61 Å². The monoisotopic (exact) mass is 432 g/mol. The Morgan fingerprint density at radius 3 is 2.54 bits per heavy atom. The zero-order valence-corrected chi connectivity index (χ0v) is 16.5. The first-order chi connectivity index (χ1) is 12.1. The second-order valence-corrected chi connectivity index (χ2v) is 7.80. The van der Waals surface area contributed by atoms with E-state index >= 15 is 0 Å². The molecule has 0 amide bonds. The molecule has 0 heterocycles. The zero-order valence-electron chi connectivity index (χ0n) is 14.2. The van der Waals surface area contributed by atoms with E-state index in [9.17, 15) is 17.2 Å². The number of hydrogen-bond acceptors (Lipinski definition) is 4. The lowest BCUT2D eigenvalue weighted by Gasteiger charge is -2.16. The number of hydrogen-bond donors (Lipinski definition) is 3. The Hall–Kier alpha value is -1.36. The fraction of sp³-hybridized carbons (Fsp3) is 0.500. The van der Waals surface area contributed by atoms with E-state index < -0.39 is 16.6 Å². The van der Waals surface area contributed by atoms with Gasteiger partial charge in [-0.15, -0.1) is 0 Å². The molecule has 0 aliphatic carbocycles. The lowest BCUT2D eigenvalue weighted by atomic mass is 10.2. The molecule has 0 unspecified atom stereocenters. The van der Waals surface area contributed by atoms with Gasteiger partial charge in [-0.25, -0.2) is 13.1 Å². The van der Waals surface area contributed by atoms with Gasteiger partial charge in [-0.3, -0.25) is 4.99 Å². The smallest absolute Gasteiger partial charge is 0.387 e. The van der Waals surface area contributed by atoms with Gasteiger partial charge in [0, 0.05) is 37.3 Å². The third-order valence-electron chi connectivity index (χ3n) is 2.97. The second-order valence-electron chi connectivity index (χ2n) is 5.13. The molecule has 0 aliphatic rings. The van der Waals surface area contributed by atoms with Crippen LogP contribution in [0, 0.1) is 0 Å². The number of ether oxygens (including phenoxy) is 1. The van der Waals surface area contributed by atoms with Gasteiger partial charge in [0.2, 0.25) is 10.0 Å². The first-order valence-electron chi connectivity index (χ1n) is 7.44. The van der Waals surface area contributed by atoms with Gasteiger partial charge in [0.15, 0.2) is 5.96 Å². The minimum Gasteiger partial charge on any atom is -0.433 e. The van der Waals surface area contributed by atoms with E-state index in [1.807, 2.05) is 0 Å². The lowest BCUT2D eigenvalue weighted by molar-refractivity contribution is -0.0504. The van der Waals surface area contributed by atoms with Crippen LogP contribution in [0.15, 0.2) is 17.1 Å². The summed E-state index contributed by atoms with van der Waals surface area (Å²) in [5.74, 6) is 0.231. The lowest BCUT2D eigenvalue weighted by Crippen LogP contribution is -2.38. The minimum absolute atomic E-state index is 0.0237. The van der Waals surface area contributed by atoms with Crippen molar-refractivity contribution in [3.8, 4) is 5.75 Å². The maximum absolute atomic E-state index is 12.6. The van der Waals surface area contributed by atoms with E-state index in [2.05, 4.69) is 25.1 Å². The summed E-state index contributed by atoms with van der Waals surface area (Å²) in [5, 5.41) is 6.14. The quantitative estimate of drug-likeness (QED) is 0.316. The van der Waals surface area contributed by atoms with Crippen molar-refractivity contribution in [2.45, 2.75) is 19.6 Å². The molecule has 0 spiro atoms. The summed E-state index contributed by atoms with van der Waals surface area (Å²) in [6.45, 7) is -2.21. The van der Waals surface area contributed by atoms with Crippen molar-refractivity contribution in [3.63, 3.8) is 0 Å². The van der Waals surface area contributed by atoms with E-state index in [4.69, 9.17) is 23.2 Å². The minimum atomic E-state index is -3.22. The average Bonchev–Trinajstić information content (AvgIpc) is 2.51. The van der Waals surface area contributed by atoms with Gasteiger partial charge in [-0.1, -0.05) is 23.2 Å². The fourth-order valence-electron chi connectivity index (χ4n) is 1.92. The van der Waals surface area contributed by atoms with Crippen LogP contribution < -0.4 is 20.1 Å². The molecule has 12 heteroatoms. The Morgan fingerprint density at radius 2 is 1.96 bits per heavy atom. The van der Waals surface area contributed by atoms with Crippen molar-refractivity contribution >= 4 is 39.2 Å². The van der Waals surface area contributed by atoms with Gasteiger partial charge in [0.25, 0.3) is 0 Å². The predicted molar refractivity (Wildman–Crippen MR) is 98.8 cm³/mol. The summed E-state index contributed by atoms with van der Waals surface area (Å²) >= 11 is 11.8. The third kappa shape index (κ3) is 8.84. The van der Waals surface area contributed by atoms with Crippen molar-refractivity contribution in [2.75, 3.05) is 26.4 Å². The average molecular weight is 433 g/mol. The van der Waals surface area contributed by atoms with Crippen LogP contribution in [0.4, 0.5) is 8.78 Å². The Kier molecular flexibility index (Phi) is 9.34. The Morgan fingerprint density at radius 1 is 1.27 bits per heavy atom. The maximum Gasteiger partial charge on any atom is 0.387 e. The molecule has 0 fully saturated rings. The Balaban J connectivity index is 2.60. The summed E-state index contributed by atoms with van der Waals surface area (Å²) in [6.07, 6.45) is 1.60. The highest BCUT2D eigenvalue weighted by Gasteiger charge is 2.15. The molecule has 0 atom stereocenters. The number of alkyl halides is 2. The number of sulfonamides is 1. The molecule has 148 valence electrons. The first-order valence-corrected chi connectivity index (χ1v) is 10.1. The standard InChI is InChI=1S/C14H20Cl2F2N4O3S/c1-19-14(20-4-3-5-22-26(2,23)24)21-8-9-6-10(15)7-11(16)12(9)25-13(17)18/h6-7,13,22H,3-5,8H2,1-2H3,(H2,19,20,21). The molecular weight excluding hydrogens is 413 g/mol. The molecule has 0 saturated heterocycles. The van der Waals surface area contributed by atoms with Gasteiger partial charge in [-0.2, -0.15) is 8.78 Å². The predicted octanol–water partition coefficient (Wildman–Crippen LogP) is 2.20. The van der Waals surface area contributed by atoms with Crippen molar-refractivity contribution in [1.29, 1.82) is 0 Å². The molecule has 1 aromatic carbocycles. The van der Waals surface area contributed by atoms with E-state index in [1.165, 1.54) is 19.2 Å². The summed E-state index contributed by atoms with van der Waals surface area (Å²) in [7, 11) is -1.69. The largest absolute Gasteiger partial charge is 0.433 e. The summed E-state index contributed by atoms with van der Waals surface area (Å²) in [4.78, 5) is 3.99. The van der Waals surface area contributed by atoms with Crippen LogP contribution in [0.2, 0.25) is 10.0 Å². The van der Waals surface area contributed by atoms with Gasteiger partial charge < -0.3 is 15.4 Å². The maximum atomic E-state index is 12.6. The molecule has 0 aromatic heterocycles. The summed E-state index contributed by atoms with van der Waals surface area (Å²) < 4.78 is 53.8. The molecule has 0 bridgehead atoms. The van der Waals surface area contributed by atoms with Crippen LogP contribution >= 0.6 is 23.2 Å². The molecule has 0 aliphatic heterocycles. The number of rotatable bonds is 9. The normalized spacial score (nSPS) is 12.3. The second kappa shape index (κ2) is 10.7. The van der Waals surface area contributed by atoms with E-state index in [1.54, 1.807) is 0 Å². The van der Waals surface area contributed by atoms with Crippen LogP contribution in [0.5, 0.6) is 5.75 Å². The number of halogens is 4. The first kappa shape index (κ1) is 22.7. The Bertz CT molecular complexity index is 733. The van der Waals surface area contributed by atoms with Crippen molar-refractivity contribution in [3.05, 3.63) is 27.7 Å². The molecular formula is C14H20Cl2F2N4O3S. The number of aliphatic imine (C=N–C) groups is 1. The Labute approximate surface area is 161 Å². The fourth-order valence-corrected chi connectivity index (χ4v) is 3.01. The highest BCUT2D eigenvalue weighted by Crippen LogP contribution is 2.33. The van der Waals surface area contributed by atoms with Crippen LogP contribution in [0.25, 0.3) is 0 Å². The van der Waals surface area contributed by atoms with E-state index in [-0.39, 0.29) is 28.9 Å². The van der Waals surface area contributed by atoms with Crippen molar-refractivity contribution in [1.82, 2.24) is 15.4 Å². The molecule has 1 rings (SSSR count). The van der Waals surface area contributed by atoms with E-state index in [0.717, 1.165) is 6.26 Å².